The molecular formula is C10H18. The minimum Gasteiger partial charge on any atom is -0.0741 e. The van der Waals surface area contributed by atoms with Crippen LogP contribution in [0.2, 0.25) is 0 Å². The molecule has 0 saturated carbocycles. The Morgan fingerprint density at radius 2 is 1.80 bits per heavy atom. The van der Waals surface area contributed by atoms with Gasteiger partial charge in [-0.1, -0.05) is 24.5 Å². The van der Waals surface area contributed by atoms with Crippen LogP contribution < -0.4 is 0 Å². The van der Waals surface area contributed by atoms with Crippen molar-refractivity contribution >= 4 is 0 Å². The van der Waals surface area contributed by atoms with Crippen LogP contribution in [0.5, 0.6) is 0 Å². The van der Waals surface area contributed by atoms with Crippen molar-refractivity contribution in [2.24, 2.45) is 0 Å². The van der Waals surface area contributed by atoms with Gasteiger partial charge in [0.1, 0.15) is 0 Å². The van der Waals surface area contributed by atoms with E-state index in [1.165, 1.54) is 38.5 Å². The van der Waals surface area contributed by atoms with Crippen molar-refractivity contribution in [3.8, 4) is 0 Å². The second kappa shape index (κ2) is 3.80. The van der Waals surface area contributed by atoms with E-state index >= 15 is 0 Å². The van der Waals surface area contributed by atoms with Crippen LogP contribution in [0.15, 0.2) is 11.1 Å². The van der Waals surface area contributed by atoms with E-state index in [4.69, 9.17) is 0 Å². The highest BCUT2D eigenvalue weighted by atomic mass is 14.1. The maximum Gasteiger partial charge on any atom is -0.0318 e. The molecule has 0 fully saturated rings. The van der Waals surface area contributed by atoms with Crippen molar-refractivity contribution in [3.63, 3.8) is 0 Å². The van der Waals surface area contributed by atoms with Gasteiger partial charge in [0, 0.05) is 0 Å². The van der Waals surface area contributed by atoms with Crippen molar-refractivity contribution in [3.05, 3.63) is 11.1 Å². The quantitative estimate of drug-likeness (QED) is 0.485. The zero-order chi connectivity index (χ0) is 7.40. The van der Waals surface area contributed by atoms with Crippen molar-refractivity contribution in [2.75, 3.05) is 0 Å². The van der Waals surface area contributed by atoms with Crippen LogP contribution in [-0.2, 0) is 0 Å². The van der Waals surface area contributed by atoms with Crippen LogP contribution in [0.25, 0.3) is 0 Å². The summed E-state index contributed by atoms with van der Waals surface area (Å²) in [5.41, 5.74) is 3.41. The molecule has 0 heterocycles. The van der Waals surface area contributed by atoms with Gasteiger partial charge < -0.3 is 0 Å². The fraction of sp³-hybridized carbons (Fsp3) is 0.800. The van der Waals surface area contributed by atoms with Crippen molar-refractivity contribution < 1.29 is 0 Å². The first-order valence-corrected chi connectivity index (χ1v) is 4.52. The Hall–Kier alpha value is -0.260. The molecule has 0 heteroatoms. The molecular weight excluding hydrogens is 120 g/mol. The van der Waals surface area contributed by atoms with Gasteiger partial charge in [-0.3, -0.25) is 0 Å². The second-order valence-corrected chi connectivity index (χ2v) is 3.30. The molecule has 0 spiro atoms. The van der Waals surface area contributed by atoms with E-state index in [2.05, 4.69) is 13.8 Å². The lowest BCUT2D eigenvalue weighted by atomic mass is 10.0. The highest BCUT2D eigenvalue weighted by Gasteiger charge is 2.04. The summed E-state index contributed by atoms with van der Waals surface area (Å²) in [4.78, 5) is 0. The summed E-state index contributed by atoms with van der Waals surface area (Å²) in [6.45, 7) is 4.59. The minimum atomic E-state index is 1.28. The number of hydrogen-bond acceptors (Lipinski definition) is 0. The molecule has 0 bridgehead atoms. The largest absolute Gasteiger partial charge is 0.0741 e. The molecule has 0 aromatic rings. The third-order valence-electron chi connectivity index (χ3n) is 2.56. The summed E-state index contributed by atoms with van der Waals surface area (Å²) in [7, 11) is 0. The summed E-state index contributed by atoms with van der Waals surface area (Å²) in [5.74, 6) is 0. The Bertz CT molecular complexity index is 131. The topological polar surface area (TPSA) is 0 Å². The minimum absolute atomic E-state index is 1.28. The van der Waals surface area contributed by atoms with E-state index in [1.54, 1.807) is 11.1 Å². The summed E-state index contributed by atoms with van der Waals surface area (Å²) < 4.78 is 0. The van der Waals surface area contributed by atoms with Gasteiger partial charge in [0.2, 0.25) is 0 Å². The number of allylic oxidation sites excluding steroid dienone is 2. The third kappa shape index (κ3) is 1.86. The van der Waals surface area contributed by atoms with Crippen LogP contribution >= 0.6 is 0 Å². The first-order valence-electron chi connectivity index (χ1n) is 4.52. The Morgan fingerprint density at radius 3 is 2.50 bits per heavy atom. The van der Waals surface area contributed by atoms with Gasteiger partial charge in [0.05, 0.1) is 0 Å². The van der Waals surface area contributed by atoms with E-state index in [9.17, 15) is 0 Å². The molecule has 0 aromatic carbocycles. The predicted molar refractivity (Wildman–Crippen MR) is 46.1 cm³/mol. The maximum absolute atomic E-state index is 2.31. The monoisotopic (exact) mass is 138 g/mol. The van der Waals surface area contributed by atoms with Gasteiger partial charge in [0.25, 0.3) is 0 Å². The Morgan fingerprint density at radius 1 is 1.10 bits per heavy atom. The van der Waals surface area contributed by atoms with E-state index in [1.807, 2.05) is 0 Å². The SMILES string of the molecule is CCC1=C(C)CCCCC1. The molecule has 0 nitrogen and oxygen atoms in total. The summed E-state index contributed by atoms with van der Waals surface area (Å²) in [6.07, 6.45) is 8.33. The first-order chi connectivity index (χ1) is 4.84. The van der Waals surface area contributed by atoms with Gasteiger partial charge in [-0.15, -0.1) is 0 Å². The molecule has 0 N–H and O–H groups in total. The fourth-order valence-electron chi connectivity index (χ4n) is 1.77. The number of rotatable bonds is 1. The Balaban J connectivity index is 2.58. The molecule has 58 valence electrons. The van der Waals surface area contributed by atoms with Crippen LogP contribution in [0.4, 0.5) is 0 Å². The maximum atomic E-state index is 2.31. The molecule has 0 amide bonds. The van der Waals surface area contributed by atoms with Gasteiger partial charge in [-0.05, 0) is 39.0 Å². The number of hydrogen-bond donors (Lipinski definition) is 0. The Labute approximate surface area is 64.3 Å². The molecule has 0 atom stereocenters. The lowest BCUT2D eigenvalue weighted by molar-refractivity contribution is 0.702. The highest BCUT2D eigenvalue weighted by Crippen LogP contribution is 2.24. The molecule has 0 aliphatic heterocycles. The van der Waals surface area contributed by atoms with Gasteiger partial charge >= 0.3 is 0 Å². The molecule has 10 heavy (non-hydrogen) atoms. The molecule has 0 aromatic heterocycles. The third-order valence-corrected chi connectivity index (χ3v) is 2.56. The van der Waals surface area contributed by atoms with Crippen LogP contribution in [0, 0.1) is 0 Å². The molecule has 0 saturated heterocycles. The van der Waals surface area contributed by atoms with E-state index < -0.39 is 0 Å². The van der Waals surface area contributed by atoms with Crippen molar-refractivity contribution in [1.82, 2.24) is 0 Å². The molecule has 0 unspecified atom stereocenters. The standard InChI is InChI=1S/C10H18/c1-3-10-8-6-4-5-7-9(10)2/h3-8H2,1-2H3. The summed E-state index contributed by atoms with van der Waals surface area (Å²) in [5, 5.41) is 0. The zero-order valence-electron chi connectivity index (χ0n) is 7.24. The van der Waals surface area contributed by atoms with Crippen LogP contribution in [0.3, 0.4) is 0 Å². The lowest BCUT2D eigenvalue weighted by Gasteiger charge is -2.04. The average molecular weight is 138 g/mol. The van der Waals surface area contributed by atoms with Crippen molar-refractivity contribution in [2.45, 2.75) is 52.4 Å². The van der Waals surface area contributed by atoms with Crippen LogP contribution in [0.1, 0.15) is 52.4 Å². The highest BCUT2D eigenvalue weighted by molar-refractivity contribution is 5.12. The van der Waals surface area contributed by atoms with Gasteiger partial charge in [-0.25, -0.2) is 0 Å². The van der Waals surface area contributed by atoms with E-state index in [-0.39, 0.29) is 0 Å². The second-order valence-electron chi connectivity index (χ2n) is 3.30. The van der Waals surface area contributed by atoms with Crippen LogP contribution in [-0.4, -0.2) is 0 Å². The first kappa shape index (κ1) is 7.84. The molecule has 1 aliphatic rings. The fourth-order valence-corrected chi connectivity index (χ4v) is 1.77. The average Bonchev–Trinajstić information content (AvgIpc) is 2.13. The van der Waals surface area contributed by atoms with Gasteiger partial charge in [-0.2, -0.15) is 0 Å². The zero-order valence-corrected chi connectivity index (χ0v) is 7.24. The smallest absolute Gasteiger partial charge is 0.0318 e. The normalized spacial score (nSPS) is 21.0. The predicted octanol–water partition coefficient (Wildman–Crippen LogP) is 3.68. The summed E-state index contributed by atoms with van der Waals surface area (Å²) in [6, 6.07) is 0. The van der Waals surface area contributed by atoms with E-state index in [0.29, 0.717) is 0 Å². The summed E-state index contributed by atoms with van der Waals surface area (Å²) >= 11 is 0. The van der Waals surface area contributed by atoms with E-state index in [0.717, 1.165) is 0 Å². The lowest BCUT2D eigenvalue weighted by Crippen LogP contribution is -1.83. The Kier molecular flexibility index (Phi) is 2.98. The molecule has 1 rings (SSSR count). The van der Waals surface area contributed by atoms with Gasteiger partial charge in [0.15, 0.2) is 0 Å². The van der Waals surface area contributed by atoms with Crippen molar-refractivity contribution in [1.29, 1.82) is 0 Å². The molecule has 1 aliphatic carbocycles. The molecule has 0 radical (unpaired) electrons.